The Morgan fingerprint density at radius 3 is 3.12 bits per heavy atom. The molecule has 90 valence electrons. The van der Waals surface area contributed by atoms with Gasteiger partial charge in [-0.15, -0.1) is 11.6 Å². The minimum atomic E-state index is 0.807. The highest BCUT2D eigenvalue weighted by molar-refractivity contribution is 6.17. The van der Waals surface area contributed by atoms with Gasteiger partial charge >= 0.3 is 0 Å². The fourth-order valence-electron chi connectivity index (χ4n) is 2.39. The molecule has 1 saturated heterocycles. The van der Waals surface area contributed by atoms with Gasteiger partial charge in [-0.1, -0.05) is 0 Å². The summed E-state index contributed by atoms with van der Waals surface area (Å²) in [6.07, 6.45) is 7.67. The van der Waals surface area contributed by atoms with Gasteiger partial charge in [-0.05, 0) is 37.3 Å². The van der Waals surface area contributed by atoms with Gasteiger partial charge in [0.1, 0.15) is 0 Å². The van der Waals surface area contributed by atoms with E-state index in [-0.39, 0.29) is 0 Å². The van der Waals surface area contributed by atoms with E-state index in [4.69, 9.17) is 11.6 Å². The van der Waals surface area contributed by atoms with E-state index in [1.54, 1.807) is 0 Å². The Labute approximate surface area is 102 Å². The zero-order valence-corrected chi connectivity index (χ0v) is 10.7. The average molecular weight is 242 g/mol. The number of hydrogen-bond acceptors (Lipinski definition) is 2. The Morgan fingerprint density at radius 2 is 2.44 bits per heavy atom. The first-order valence-electron chi connectivity index (χ1n) is 6.04. The van der Waals surface area contributed by atoms with E-state index >= 15 is 0 Å². The van der Waals surface area contributed by atoms with Crippen LogP contribution in [0.3, 0.4) is 0 Å². The third-order valence-electron chi connectivity index (χ3n) is 3.36. The minimum absolute atomic E-state index is 0.807. The summed E-state index contributed by atoms with van der Waals surface area (Å²) >= 11 is 5.78. The lowest BCUT2D eigenvalue weighted by Crippen LogP contribution is -2.23. The molecular weight excluding hydrogens is 222 g/mol. The van der Waals surface area contributed by atoms with Crippen molar-refractivity contribution in [1.82, 2.24) is 14.7 Å². The number of aromatic nitrogens is 2. The fourth-order valence-corrected chi connectivity index (χ4v) is 2.70. The number of aryl methyl sites for hydroxylation is 1. The van der Waals surface area contributed by atoms with E-state index in [1.165, 1.54) is 31.5 Å². The summed E-state index contributed by atoms with van der Waals surface area (Å²) in [5, 5.41) is 4.19. The second-order valence-electron chi connectivity index (χ2n) is 4.71. The smallest absolute Gasteiger partial charge is 0.0522 e. The fraction of sp³-hybridized carbons (Fsp3) is 0.750. The normalized spacial score (nSPS) is 21.8. The van der Waals surface area contributed by atoms with Crippen LogP contribution in [0.1, 0.15) is 18.4 Å². The monoisotopic (exact) mass is 241 g/mol. The van der Waals surface area contributed by atoms with Gasteiger partial charge in [0.2, 0.25) is 0 Å². The predicted molar refractivity (Wildman–Crippen MR) is 66.8 cm³/mol. The summed E-state index contributed by atoms with van der Waals surface area (Å²) in [6.45, 7) is 3.62. The molecule has 0 aromatic carbocycles. The van der Waals surface area contributed by atoms with Crippen LogP contribution in [-0.4, -0.2) is 40.2 Å². The molecule has 1 atom stereocenters. The summed E-state index contributed by atoms with van der Waals surface area (Å²) in [5.74, 6) is 1.63. The molecular formula is C12H20ClN3. The molecule has 1 aliphatic rings. The van der Waals surface area contributed by atoms with Crippen LogP contribution in [-0.2, 0) is 13.5 Å². The summed E-state index contributed by atoms with van der Waals surface area (Å²) in [5.41, 5.74) is 1.34. The maximum atomic E-state index is 5.78. The lowest BCUT2D eigenvalue weighted by atomic mass is 10.1. The molecule has 2 heterocycles. The molecule has 1 fully saturated rings. The van der Waals surface area contributed by atoms with E-state index in [0.29, 0.717) is 0 Å². The molecule has 0 bridgehead atoms. The zero-order chi connectivity index (χ0) is 11.4. The molecule has 0 radical (unpaired) electrons. The number of rotatable bonds is 5. The van der Waals surface area contributed by atoms with Crippen molar-refractivity contribution < 1.29 is 0 Å². The Kier molecular flexibility index (Phi) is 4.24. The van der Waals surface area contributed by atoms with Crippen LogP contribution in [0.4, 0.5) is 0 Å². The minimum Gasteiger partial charge on any atom is -0.303 e. The molecule has 16 heavy (non-hydrogen) atoms. The van der Waals surface area contributed by atoms with Gasteiger partial charge in [0.25, 0.3) is 0 Å². The van der Waals surface area contributed by atoms with Gasteiger partial charge in [-0.2, -0.15) is 5.10 Å². The number of hydrogen-bond donors (Lipinski definition) is 0. The van der Waals surface area contributed by atoms with Crippen LogP contribution in [0.15, 0.2) is 12.4 Å². The highest BCUT2D eigenvalue weighted by Gasteiger charge is 2.21. The molecule has 1 aromatic rings. The van der Waals surface area contributed by atoms with Crippen molar-refractivity contribution in [3.05, 3.63) is 18.0 Å². The van der Waals surface area contributed by atoms with Crippen LogP contribution < -0.4 is 0 Å². The number of halogens is 1. The summed E-state index contributed by atoms with van der Waals surface area (Å²) in [7, 11) is 1.97. The van der Waals surface area contributed by atoms with E-state index in [0.717, 1.165) is 24.8 Å². The van der Waals surface area contributed by atoms with Gasteiger partial charge in [-0.3, -0.25) is 4.68 Å². The van der Waals surface area contributed by atoms with Crippen molar-refractivity contribution in [2.75, 3.05) is 25.5 Å². The maximum absolute atomic E-state index is 5.78. The van der Waals surface area contributed by atoms with Crippen molar-refractivity contribution in [3.8, 4) is 0 Å². The van der Waals surface area contributed by atoms with E-state index in [1.807, 2.05) is 17.9 Å². The highest BCUT2D eigenvalue weighted by atomic mass is 35.5. The van der Waals surface area contributed by atoms with Crippen LogP contribution in [0.25, 0.3) is 0 Å². The van der Waals surface area contributed by atoms with Crippen LogP contribution >= 0.6 is 11.6 Å². The highest BCUT2D eigenvalue weighted by Crippen LogP contribution is 2.20. The molecule has 0 saturated carbocycles. The third-order valence-corrected chi connectivity index (χ3v) is 3.58. The predicted octanol–water partition coefficient (Wildman–Crippen LogP) is 1.91. The summed E-state index contributed by atoms with van der Waals surface area (Å²) in [6, 6.07) is 0. The average Bonchev–Trinajstić information content (AvgIpc) is 2.85. The van der Waals surface area contributed by atoms with Crippen LogP contribution in [0, 0.1) is 5.92 Å². The van der Waals surface area contributed by atoms with E-state index < -0.39 is 0 Å². The van der Waals surface area contributed by atoms with Crippen molar-refractivity contribution >= 4 is 11.6 Å². The van der Waals surface area contributed by atoms with Crippen molar-refractivity contribution in [3.63, 3.8) is 0 Å². The molecule has 1 aromatic heterocycles. The van der Waals surface area contributed by atoms with Gasteiger partial charge in [-0.25, -0.2) is 0 Å². The summed E-state index contributed by atoms with van der Waals surface area (Å²) < 4.78 is 1.87. The first-order chi connectivity index (χ1) is 7.78. The molecule has 1 aliphatic heterocycles. The Balaban J connectivity index is 1.71. The van der Waals surface area contributed by atoms with Crippen LogP contribution in [0.2, 0.25) is 0 Å². The molecule has 2 rings (SSSR count). The van der Waals surface area contributed by atoms with Gasteiger partial charge < -0.3 is 4.90 Å². The SMILES string of the molecule is Cn1cc(CCN2CCC(CCCl)C2)cn1. The quantitative estimate of drug-likeness (QED) is 0.735. The number of alkyl halides is 1. The molecule has 0 amide bonds. The molecule has 0 N–H and O–H groups in total. The third kappa shape index (κ3) is 3.22. The van der Waals surface area contributed by atoms with E-state index in [2.05, 4.69) is 16.2 Å². The standard InChI is InChI=1S/C12H20ClN3/c1-15-9-12(8-14-15)4-7-16-6-3-11(10-16)2-5-13/h8-9,11H,2-7,10H2,1H3. The van der Waals surface area contributed by atoms with Gasteiger partial charge in [0.15, 0.2) is 0 Å². The van der Waals surface area contributed by atoms with Crippen LogP contribution in [0.5, 0.6) is 0 Å². The first kappa shape index (κ1) is 11.9. The van der Waals surface area contributed by atoms with Crippen molar-refractivity contribution in [2.24, 2.45) is 13.0 Å². The Hall–Kier alpha value is -0.540. The second kappa shape index (κ2) is 5.69. The maximum Gasteiger partial charge on any atom is 0.0522 e. The molecule has 3 nitrogen and oxygen atoms in total. The zero-order valence-electron chi connectivity index (χ0n) is 9.90. The second-order valence-corrected chi connectivity index (χ2v) is 5.08. The molecule has 4 heteroatoms. The summed E-state index contributed by atoms with van der Waals surface area (Å²) in [4.78, 5) is 2.55. The number of likely N-dealkylation sites (tertiary alicyclic amines) is 1. The van der Waals surface area contributed by atoms with Crippen molar-refractivity contribution in [2.45, 2.75) is 19.3 Å². The van der Waals surface area contributed by atoms with Gasteiger partial charge in [0.05, 0.1) is 6.20 Å². The Morgan fingerprint density at radius 1 is 1.56 bits per heavy atom. The molecule has 0 aliphatic carbocycles. The lowest BCUT2D eigenvalue weighted by Gasteiger charge is -2.14. The Bertz CT molecular complexity index is 324. The first-order valence-corrected chi connectivity index (χ1v) is 6.57. The number of nitrogens with zero attached hydrogens (tertiary/aromatic N) is 3. The van der Waals surface area contributed by atoms with Gasteiger partial charge in [0, 0.05) is 32.2 Å². The van der Waals surface area contributed by atoms with E-state index in [9.17, 15) is 0 Å². The van der Waals surface area contributed by atoms with Crippen molar-refractivity contribution in [1.29, 1.82) is 0 Å². The lowest BCUT2D eigenvalue weighted by molar-refractivity contribution is 0.327. The topological polar surface area (TPSA) is 21.1 Å². The largest absolute Gasteiger partial charge is 0.303 e. The molecule has 0 spiro atoms. The molecule has 1 unspecified atom stereocenters.